The number of piperidine rings is 3. The van der Waals surface area contributed by atoms with Crippen molar-refractivity contribution in [3.63, 3.8) is 0 Å². The first-order valence-electron chi connectivity index (χ1n) is 6.62. The fraction of sp³-hybridized carbons (Fsp3) is 0.600. The lowest BCUT2D eigenvalue weighted by molar-refractivity contribution is -0.118. The van der Waals surface area contributed by atoms with E-state index in [1.54, 1.807) is 0 Å². The first-order valence-corrected chi connectivity index (χ1v) is 6.62. The van der Waals surface area contributed by atoms with Gasteiger partial charge in [-0.3, -0.25) is 0 Å². The van der Waals surface area contributed by atoms with Gasteiger partial charge in [0.05, 0.1) is 0 Å². The summed E-state index contributed by atoms with van der Waals surface area (Å²) in [5.74, 6) is 0.453. The molecule has 3 heterocycles. The topological polar surface area (TPSA) is 23.5 Å². The number of hydrogen-bond donors (Lipinski definition) is 1. The molecule has 3 fully saturated rings. The molecule has 3 saturated heterocycles. The summed E-state index contributed by atoms with van der Waals surface area (Å²) in [6.45, 7) is 7.38. The van der Waals surface area contributed by atoms with E-state index in [1.165, 1.54) is 11.1 Å². The van der Waals surface area contributed by atoms with E-state index in [9.17, 15) is 5.11 Å². The second kappa shape index (κ2) is 3.82. The molecule has 4 rings (SSSR count). The van der Waals surface area contributed by atoms with Gasteiger partial charge < -0.3 is 10.0 Å². The molecule has 92 valence electrons. The minimum atomic E-state index is -0.603. The summed E-state index contributed by atoms with van der Waals surface area (Å²) in [6.07, 6.45) is 2.29. The predicted molar refractivity (Wildman–Crippen MR) is 69.0 cm³/mol. The minimum absolute atomic E-state index is 0.453. The molecule has 2 nitrogen and oxygen atoms in total. The van der Waals surface area contributed by atoms with Crippen LogP contribution in [0, 0.1) is 19.8 Å². The number of aliphatic hydroxyl groups is 1. The number of benzene rings is 1. The van der Waals surface area contributed by atoms with Gasteiger partial charge in [-0.25, -0.2) is 0 Å². The van der Waals surface area contributed by atoms with Gasteiger partial charge in [-0.2, -0.15) is 0 Å². The fourth-order valence-electron chi connectivity index (χ4n) is 3.64. The summed E-state index contributed by atoms with van der Waals surface area (Å²) in [5, 5.41) is 11.1. The number of nitrogens with zero attached hydrogens (tertiary/aromatic N) is 1. The van der Waals surface area contributed by atoms with Crippen LogP contribution in [0.1, 0.15) is 29.5 Å². The van der Waals surface area contributed by atoms with Crippen LogP contribution in [-0.2, 0) is 5.60 Å². The molecule has 1 N–H and O–H groups in total. The van der Waals surface area contributed by atoms with E-state index >= 15 is 0 Å². The number of rotatable bonds is 1. The molecular weight excluding hydrogens is 210 g/mol. The van der Waals surface area contributed by atoms with Crippen LogP contribution in [0.25, 0.3) is 0 Å². The number of fused-ring (bicyclic) bond motifs is 3. The van der Waals surface area contributed by atoms with Gasteiger partial charge in [0.15, 0.2) is 0 Å². The molecule has 17 heavy (non-hydrogen) atoms. The molecule has 1 unspecified atom stereocenters. The molecule has 3 aliphatic heterocycles. The van der Waals surface area contributed by atoms with E-state index in [1.807, 2.05) is 0 Å². The van der Waals surface area contributed by atoms with Crippen LogP contribution in [-0.4, -0.2) is 29.6 Å². The lowest BCUT2D eigenvalue weighted by atomic mass is 9.70. The van der Waals surface area contributed by atoms with Crippen molar-refractivity contribution in [3.05, 3.63) is 34.9 Å². The summed E-state index contributed by atoms with van der Waals surface area (Å²) in [5.41, 5.74) is 3.06. The summed E-state index contributed by atoms with van der Waals surface area (Å²) in [6, 6.07) is 6.44. The summed E-state index contributed by atoms with van der Waals surface area (Å²) in [4.78, 5) is 2.40. The molecule has 1 aromatic carbocycles. The Morgan fingerprint density at radius 2 is 1.94 bits per heavy atom. The van der Waals surface area contributed by atoms with E-state index in [0.717, 1.165) is 38.0 Å². The zero-order chi connectivity index (χ0) is 12.0. The average Bonchev–Trinajstić information content (AvgIpc) is 2.29. The molecule has 0 aliphatic carbocycles. The maximum atomic E-state index is 11.1. The summed E-state index contributed by atoms with van der Waals surface area (Å²) >= 11 is 0. The van der Waals surface area contributed by atoms with Crippen LogP contribution in [0.2, 0.25) is 0 Å². The third-order valence-electron chi connectivity index (χ3n) is 4.58. The highest BCUT2D eigenvalue weighted by molar-refractivity contribution is 5.36. The molecule has 0 radical (unpaired) electrons. The van der Waals surface area contributed by atoms with Gasteiger partial charge in [-0.05, 0) is 56.8 Å². The van der Waals surface area contributed by atoms with Crippen LogP contribution in [0.5, 0.6) is 0 Å². The first-order chi connectivity index (χ1) is 8.09. The Kier molecular flexibility index (Phi) is 2.53. The highest BCUT2D eigenvalue weighted by atomic mass is 16.3. The Morgan fingerprint density at radius 3 is 2.47 bits per heavy atom. The van der Waals surface area contributed by atoms with Crippen LogP contribution < -0.4 is 0 Å². The van der Waals surface area contributed by atoms with Gasteiger partial charge in [0.2, 0.25) is 0 Å². The SMILES string of the molecule is Cc1ccc(C2(O)CN3CCC2CC3)c(C)c1. The second-order valence-electron chi connectivity index (χ2n) is 5.79. The quantitative estimate of drug-likeness (QED) is 0.801. The molecule has 2 bridgehead atoms. The smallest absolute Gasteiger partial charge is 0.105 e. The molecule has 1 atom stereocenters. The zero-order valence-electron chi connectivity index (χ0n) is 10.7. The summed E-state index contributed by atoms with van der Waals surface area (Å²) < 4.78 is 0. The monoisotopic (exact) mass is 231 g/mol. The van der Waals surface area contributed by atoms with Crippen molar-refractivity contribution in [2.75, 3.05) is 19.6 Å². The predicted octanol–water partition coefficient (Wildman–Crippen LogP) is 2.22. The van der Waals surface area contributed by atoms with Gasteiger partial charge >= 0.3 is 0 Å². The second-order valence-corrected chi connectivity index (χ2v) is 5.79. The van der Waals surface area contributed by atoms with Gasteiger partial charge in [-0.15, -0.1) is 0 Å². The van der Waals surface area contributed by atoms with Crippen molar-refractivity contribution < 1.29 is 5.11 Å². The Morgan fingerprint density at radius 1 is 1.24 bits per heavy atom. The van der Waals surface area contributed by atoms with Gasteiger partial charge in [-0.1, -0.05) is 23.8 Å². The average molecular weight is 231 g/mol. The largest absolute Gasteiger partial charge is 0.384 e. The van der Waals surface area contributed by atoms with Gasteiger partial charge in [0.1, 0.15) is 5.60 Å². The maximum absolute atomic E-state index is 11.1. The third-order valence-corrected chi connectivity index (χ3v) is 4.58. The number of aryl methyl sites for hydroxylation is 2. The third kappa shape index (κ3) is 1.71. The highest BCUT2D eigenvalue weighted by Crippen LogP contribution is 2.43. The Bertz CT molecular complexity index is 435. The van der Waals surface area contributed by atoms with Crippen molar-refractivity contribution in [2.24, 2.45) is 5.92 Å². The fourth-order valence-corrected chi connectivity index (χ4v) is 3.64. The Balaban J connectivity index is 2.02. The number of hydrogen-bond acceptors (Lipinski definition) is 2. The standard InChI is InChI=1S/C15H21NO/c1-11-3-4-14(12(2)9-11)15(17)10-16-7-5-13(15)6-8-16/h3-4,9,13,17H,5-8,10H2,1-2H3. The lowest BCUT2D eigenvalue weighted by Gasteiger charge is -2.51. The first kappa shape index (κ1) is 11.2. The Hall–Kier alpha value is -0.860. The summed E-state index contributed by atoms with van der Waals surface area (Å²) in [7, 11) is 0. The van der Waals surface area contributed by atoms with E-state index in [4.69, 9.17) is 0 Å². The molecular formula is C15H21NO. The van der Waals surface area contributed by atoms with Crippen molar-refractivity contribution in [1.29, 1.82) is 0 Å². The zero-order valence-corrected chi connectivity index (χ0v) is 10.7. The lowest BCUT2D eigenvalue weighted by Crippen LogP contribution is -2.57. The van der Waals surface area contributed by atoms with Crippen molar-refractivity contribution in [3.8, 4) is 0 Å². The van der Waals surface area contributed by atoms with Crippen molar-refractivity contribution >= 4 is 0 Å². The molecule has 3 aliphatic rings. The van der Waals surface area contributed by atoms with Gasteiger partial charge in [0.25, 0.3) is 0 Å². The molecule has 0 saturated carbocycles. The normalized spacial score (nSPS) is 36.2. The van der Waals surface area contributed by atoms with E-state index in [0.29, 0.717) is 5.92 Å². The van der Waals surface area contributed by atoms with Crippen LogP contribution >= 0.6 is 0 Å². The molecule has 0 amide bonds. The van der Waals surface area contributed by atoms with Crippen LogP contribution in [0.4, 0.5) is 0 Å². The van der Waals surface area contributed by atoms with Crippen molar-refractivity contribution in [1.82, 2.24) is 4.90 Å². The van der Waals surface area contributed by atoms with E-state index in [-0.39, 0.29) is 0 Å². The highest BCUT2D eigenvalue weighted by Gasteiger charge is 2.46. The Labute approximate surface area is 103 Å². The molecule has 1 aromatic rings. The van der Waals surface area contributed by atoms with Crippen LogP contribution in [0.15, 0.2) is 18.2 Å². The molecule has 0 spiro atoms. The van der Waals surface area contributed by atoms with E-state index in [2.05, 4.69) is 36.9 Å². The molecule has 0 aromatic heterocycles. The van der Waals surface area contributed by atoms with Crippen molar-refractivity contribution in [2.45, 2.75) is 32.3 Å². The van der Waals surface area contributed by atoms with E-state index < -0.39 is 5.60 Å². The minimum Gasteiger partial charge on any atom is -0.384 e. The van der Waals surface area contributed by atoms with Gasteiger partial charge in [0, 0.05) is 6.54 Å². The van der Waals surface area contributed by atoms with Crippen LogP contribution in [0.3, 0.4) is 0 Å². The molecule has 2 heteroatoms. The maximum Gasteiger partial charge on any atom is 0.105 e.